The van der Waals surface area contributed by atoms with Crippen molar-refractivity contribution in [3.63, 3.8) is 0 Å². The molecule has 1 aromatic rings. The molecule has 66 valence electrons. The van der Waals surface area contributed by atoms with Crippen LogP contribution in [0.3, 0.4) is 0 Å². The molecule has 1 aromatic heterocycles. The maximum Gasteiger partial charge on any atom is 0.0514 e. The van der Waals surface area contributed by atoms with Crippen molar-refractivity contribution >= 4 is 15.9 Å². The second-order valence-corrected chi connectivity index (χ2v) is 3.62. The van der Waals surface area contributed by atoms with Crippen LogP contribution in [-0.4, -0.2) is 18.6 Å². The Morgan fingerprint density at radius 2 is 2.33 bits per heavy atom. The molecule has 2 nitrogen and oxygen atoms in total. The van der Waals surface area contributed by atoms with Crippen LogP contribution in [0.2, 0.25) is 0 Å². The summed E-state index contributed by atoms with van der Waals surface area (Å²) in [4.78, 5) is 4.26. The van der Waals surface area contributed by atoms with Crippen molar-refractivity contribution in [1.29, 1.82) is 0 Å². The quantitative estimate of drug-likeness (QED) is 0.856. The second-order valence-electron chi connectivity index (χ2n) is 2.76. The molecule has 0 aliphatic rings. The van der Waals surface area contributed by atoms with E-state index in [4.69, 9.17) is 0 Å². The van der Waals surface area contributed by atoms with Crippen LogP contribution in [0.25, 0.3) is 0 Å². The first kappa shape index (κ1) is 9.68. The lowest BCUT2D eigenvalue weighted by molar-refractivity contribution is 0.788. The average Bonchev–Trinajstić information content (AvgIpc) is 2.07. The summed E-state index contributed by atoms with van der Waals surface area (Å²) in [6, 6.07) is 2.12. The minimum absolute atomic E-state index is 0.997. The SMILES string of the molecule is CNCCc1cnc(C)c(Br)c1. The average molecular weight is 229 g/mol. The number of hydrogen-bond acceptors (Lipinski definition) is 2. The van der Waals surface area contributed by atoms with Crippen LogP contribution in [0.5, 0.6) is 0 Å². The molecule has 0 saturated heterocycles. The second kappa shape index (κ2) is 4.58. The molecule has 0 aliphatic heterocycles. The van der Waals surface area contributed by atoms with Gasteiger partial charge in [0.25, 0.3) is 0 Å². The van der Waals surface area contributed by atoms with Crippen LogP contribution in [-0.2, 0) is 6.42 Å². The van der Waals surface area contributed by atoms with Gasteiger partial charge in [0.15, 0.2) is 0 Å². The lowest BCUT2D eigenvalue weighted by Gasteiger charge is -2.02. The lowest BCUT2D eigenvalue weighted by atomic mass is 10.2. The Balaban J connectivity index is 2.69. The number of nitrogens with zero attached hydrogens (tertiary/aromatic N) is 1. The molecule has 0 amide bonds. The number of hydrogen-bond donors (Lipinski definition) is 1. The highest BCUT2D eigenvalue weighted by Gasteiger charge is 1.97. The third-order valence-electron chi connectivity index (χ3n) is 1.75. The van der Waals surface area contributed by atoms with E-state index in [0.29, 0.717) is 0 Å². The molecule has 0 aliphatic carbocycles. The topological polar surface area (TPSA) is 24.9 Å². The van der Waals surface area contributed by atoms with Crippen molar-refractivity contribution in [3.05, 3.63) is 28.0 Å². The van der Waals surface area contributed by atoms with Crippen LogP contribution in [0.15, 0.2) is 16.7 Å². The molecule has 0 spiro atoms. The predicted octanol–water partition coefficient (Wildman–Crippen LogP) is 1.91. The lowest BCUT2D eigenvalue weighted by Crippen LogP contribution is -2.10. The maximum atomic E-state index is 4.26. The Morgan fingerprint density at radius 1 is 1.58 bits per heavy atom. The van der Waals surface area contributed by atoms with Gasteiger partial charge in [-0.25, -0.2) is 0 Å². The molecule has 0 saturated carbocycles. The summed E-state index contributed by atoms with van der Waals surface area (Å²) in [6.45, 7) is 2.99. The fourth-order valence-electron chi connectivity index (χ4n) is 0.952. The number of aryl methyl sites for hydroxylation is 1. The van der Waals surface area contributed by atoms with Crippen LogP contribution in [0.1, 0.15) is 11.3 Å². The number of aromatic nitrogens is 1. The molecule has 0 aromatic carbocycles. The standard InChI is InChI=1S/C9H13BrN2/c1-7-9(10)5-8(6-12-7)3-4-11-2/h5-6,11H,3-4H2,1-2H3. The van der Waals surface area contributed by atoms with Crippen molar-refractivity contribution in [1.82, 2.24) is 10.3 Å². The molecule has 0 radical (unpaired) electrons. The summed E-state index contributed by atoms with van der Waals surface area (Å²) in [6.07, 6.45) is 2.96. The van der Waals surface area contributed by atoms with E-state index in [1.165, 1.54) is 5.56 Å². The number of rotatable bonds is 3. The molecule has 12 heavy (non-hydrogen) atoms. The number of nitrogens with one attached hydrogen (secondary N) is 1. The van der Waals surface area contributed by atoms with E-state index in [9.17, 15) is 0 Å². The van der Waals surface area contributed by atoms with E-state index < -0.39 is 0 Å². The Morgan fingerprint density at radius 3 is 2.92 bits per heavy atom. The first-order valence-electron chi connectivity index (χ1n) is 3.99. The molecule has 0 fully saturated rings. The van der Waals surface area contributed by atoms with E-state index in [1.54, 1.807) is 0 Å². The van der Waals surface area contributed by atoms with Gasteiger partial charge in [-0.2, -0.15) is 0 Å². The number of pyridine rings is 1. The zero-order chi connectivity index (χ0) is 8.97. The maximum absolute atomic E-state index is 4.26. The van der Waals surface area contributed by atoms with Gasteiger partial charge in [-0.1, -0.05) is 0 Å². The van der Waals surface area contributed by atoms with Gasteiger partial charge < -0.3 is 5.32 Å². The predicted molar refractivity (Wildman–Crippen MR) is 54.3 cm³/mol. The number of halogens is 1. The third-order valence-corrected chi connectivity index (χ3v) is 2.55. The zero-order valence-corrected chi connectivity index (χ0v) is 8.98. The van der Waals surface area contributed by atoms with Crippen LogP contribution >= 0.6 is 15.9 Å². The normalized spacial score (nSPS) is 10.2. The van der Waals surface area contributed by atoms with E-state index in [1.807, 2.05) is 20.2 Å². The summed E-state index contributed by atoms with van der Waals surface area (Å²) in [7, 11) is 1.96. The van der Waals surface area contributed by atoms with Crippen molar-refractivity contribution in [2.24, 2.45) is 0 Å². The van der Waals surface area contributed by atoms with E-state index >= 15 is 0 Å². The Labute approximate surface area is 81.5 Å². The van der Waals surface area contributed by atoms with Gasteiger partial charge in [0.1, 0.15) is 0 Å². The summed E-state index contributed by atoms with van der Waals surface area (Å²) in [5.41, 5.74) is 2.31. The minimum Gasteiger partial charge on any atom is -0.319 e. The molecule has 0 bridgehead atoms. The van der Waals surface area contributed by atoms with E-state index in [-0.39, 0.29) is 0 Å². The fourth-order valence-corrected chi connectivity index (χ4v) is 1.35. The zero-order valence-electron chi connectivity index (χ0n) is 7.39. The number of likely N-dealkylation sites (N-methyl/N-ethyl adjacent to an activating group) is 1. The third kappa shape index (κ3) is 2.57. The monoisotopic (exact) mass is 228 g/mol. The van der Waals surface area contributed by atoms with Gasteiger partial charge in [0.05, 0.1) is 5.69 Å². The van der Waals surface area contributed by atoms with Gasteiger partial charge in [-0.15, -0.1) is 0 Å². The summed E-state index contributed by atoms with van der Waals surface area (Å²) in [5.74, 6) is 0. The Bertz CT molecular complexity index is 261. The fraction of sp³-hybridized carbons (Fsp3) is 0.444. The minimum atomic E-state index is 0.997. The largest absolute Gasteiger partial charge is 0.319 e. The molecule has 3 heteroatoms. The van der Waals surface area contributed by atoms with Gasteiger partial charge in [-0.05, 0) is 54.5 Å². The Kier molecular flexibility index (Phi) is 3.69. The molecule has 0 atom stereocenters. The summed E-state index contributed by atoms with van der Waals surface area (Å²) >= 11 is 3.46. The van der Waals surface area contributed by atoms with E-state index in [2.05, 4.69) is 32.3 Å². The van der Waals surface area contributed by atoms with Crippen molar-refractivity contribution in [3.8, 4) is 0 Å². The molecule has 1 heterocycles. The summed E-state index contributed by atoms with van der Waals surface area (Å²) in [5, 5.41) is 3.11. The first-order chi connectivity index (χ1) is 5.74. The van der Waals surface area contributed by atoms with Crippen molar-refractivity contribution in [2.45, 2.75) is 13.3 Å². The molecular weight excluding hydrogens is 216 g/mol. The highest BCUT2D eigenvalue weighted by Crippen LogP contribution is 2.14. The van der Waals surface area contributed by atoms with Crippen molar-refractivity contribution in [2.75, 3.05) is 13.6 Å². The van der Waals surface area contributed by atoms with Crippen molar-refractivity contribution < 1.29 is 0 Å². The highest BCUT2D eigenvalue weighted by molar-refractivity contribution is 9.10. The van der Waals surface area contributed by atoms with E-state index in [0.717, 1.165) is 23.1 Å². The van der Waals surface area contributed by atoms with Gasteiger partial charge >= 0.3 is 0 Å². The highest BCUT2D eigenvalue weighted by atomic mass is 79.9. The molecule has 1 N–H and O–H groups in total. The van der Waals surface area contributed by atoms with Crippen LogP contribution in [0, 0.1) is 6.92 Å². The van der Waals surface area contributed by atoms with Gasteiger partial charge in [0.2, 0.25) is 0 Å². The van der Waals surface area contributed by atoms with Gasteiger partial charge in [-0.3, -0.25) is 4.98 Å². The van der Waals surface area contributed by atoms with Gasteiger partial charge in [0, 0.05) is 10.7 Å². The smallest absolute Gasteiger partial charge is 0.0514 e. The molecular formula is C9H13BrN2. The van der Waals surface area contributed by atoms with Crippen LogP contribution < -0.4 is 5.32 Å². The molecule has 1 rings (SSSR count). The summed E-state index contributed by atoms with van der Waals surface area (Å²) < 4.78 is 1.09. The molecule has 0 unspecified atom stereocenters. The van der Waals surface area contributed by atoms with Crippen LogP contribution in [0.4, 0.5) is 0 Å². The Hall–Kier alpha value is -0.410. The first-order valence-corrected chi connectivity index (χ1v) is 4.79.